The number of rotatable bonds is 5. The Morgan fingerprint density at radius 1 is 1.00 bits per heavy atom. The molecule has 0 spiro atoms. The molecule has 2 nitrogen and oxygen atoms in total. The van der Waals surface area contributed by atoms with Crippen LogP contribution in [0, 0.1) is 0 Å². The van der Waals surface area contributed by atoms with E-state index in [0.717, 1.165) is 25.0 Å². The maximum atomic E-state index is 12.7. The molecule has 6 heteroatoms. The molecule has 1 unspecified atom stereocenters. The zero-order valence-corrected chi connectivity index (χ0v) is 14.1. The summed E-state index contributed by atoms with van der Waals surface area (Å²) in [5.41, 5.74) is 1.23. The summed E-state index contributed by atoms with van der Waals surface area (Å²) in [5, 5.41) is 2.16. The molecule has 0 N–H and O–H groups in total. The van der Waals surface area contributed by atoms with E-state index < -0.39 is 11.7 Å². The Labute approximate surface area is 149 Å². The molecule has 25 heavy (non-hydrogen) atoms. The van der Waals surface area contributed by atoms with Crippen molar-refractivity contribution >= 4 is 11.6 Å². The molecule has 0 aliphatic carbocycles. The van der Waals surface area contributed by atoms with Crippen LogP contribution in [-0.4, -0.2) is 11.6 Å². The van der Waals surface area contributed by atoms with Gasteiger partial charge in [0.05, 0.1) is 10.6 Å². The summed E-state index contributed by atoms with van der Waals surface area (Å²) in [7, 11) is 0. The lowest BCUT2D eigenvalue weighted by Gasteiger charge is -2.23. The Morgan fingerprint density at radius 3 is 2.32 bits per heavy atom. The molecule has 2 aromatic carbocycles. The number of aryl methyl sites for hydroxylation is 1. The zero-order valence-electron chi connectivity index (χ0n) is 13.3. The van der Waals surface area contributed by atoms with E-state index in [2.05, 4.69) is 12.1 Å². The Bertz CT molecular complexity index is 729. The molecule has 1 aliphatic rings. The number of hydroxylamine groups is 2. The lowest BCUT2D eigenvalue weighted by atomic mass is 10.0. The highest BCUT2D eigenvalue weighted by Gasteiger charge is 2.33. The molecular formula is C19H17ClF3NO. The molecule has 132 valence electrons. The van der Waals surface area contributed by atoms with Crippen molar-refractivity contribution in [2.24, 2.45) is 0 Å². The predicted octanol–water partition coefficient (Wildman–Crippen LogP) is 5.71. The van der Waals surface area contributed by atoms with Crippen LogP contribution in [-0.2, 0) is 17.4 Å². The minimum absolute atomic E-state index is 0.375. The number of hydrogen-bond acceptors (Lipinski definition) is 2. The van der Waals surface area contributed by atoms with Gasteiger partial charge in [0.2, 0.25) is 0 Å². The van der Waals surface area contributed by atoms with Crippen molar-refractivity contribution in [3.63, 3.8) is 0 Å². The molecule has 1 aliphatic heterocycles. The molecular weight excluding hydrogens is 351 g/mol. The Morgan fingerprint density at radius 2 is 1.68 bits per heavy atom. The summed E-state index contributed by atoms with van der Waals surface area (Å²) in [4.78, 5) is 5.48. The van der Waals surface area contributed by atoms with Gasteiger partial charge in [0, 0.05) is 6.54 Å². The van der Waals surface area contributed by atoms with E-state index in [1.54, 1.807) is 5.06 Å². The van der Waals surface area contributed by atoms with Crippen LogP contribution in [0.3, 0.4) is 0 Å². The van der Waals surface area contributed by atoms with Crippen molar-refractivity contribution in [1.82, 2.24) is 5.06 Å². The second-order valence-electron chi connectivity index (χ2n) is 5.86. The highest BCUT2D eigenvalue weighted by atomic mass is 35.5. The average molecular weight is 368 g/mol. The van der Waals surface area contributed by atoms with Gasteiger partial charge in [-0.2, -0.15) is 13.2 Å². The van der Waals surface area contributed by atoms with Crippen LogP contribution in [0.1, 0.15) is 29.2 Å². The first-order valence-electron chi connectivity index (χ1n) is 7.95. The summed E-state index contributed by atoms with van der Waals surface area (Å²) in [6, 6.07) is 14.7. The van der Waals surface area contributed by atoms with Crippen LogP contribution in [0.4, 0.5) is 13.2 Å². The summed E-state index contributed by atoms with van der Waals surface area (Å²) in [6.45, 7) is 0.618. The topological polar surface area (TPSA) is 12.5 Å². The van der Waals surface area contributed by atoms with Crippen molar-refractivity contribution < 1.29 is 18.0 Å². The maximum Gasteiger partial charge on any atom is 0.416 e. The van der Waals surface area contributed by atoms with Crippen LogP contribution in [0.15, 0.2) is 65.9 Å². The monoisotopic (exact) mass is 367 g/mol. The SMILES string of the molecule is FC(F)(F)c1ccc(C2C(Cl)=CON2CCCc2ccccc2)cc1. The molecule has 0 bridgehead atoms. The van der Waals surface area contributed by atoms with Gasteiger partial charge in [-0.05, 0) is 36.1 Å². The van der Waals surface area contributed by atoms with E-state index in [4.69, 9.17) is 16.4 Å². The van der Waals surface area contributed by atoms with E-state index in [1.165, 1.54) is 24.0 Å². The highest BCUT2D eigenvalue weighted by molar-refractivity contribution is 6.30. The van der Waals surface area contributed by atoms with Gasteiger partial charge in [-0.15, -0.1) is 5.06 Å². The molecule has 1 heterocycles. The fourth-order valence-corrected chi connectivity index (χ4v) is 3.10. The van der Waals surface area contributed by atoms with Gasteiger partial charge in [0.25, 0.3) is 0 Å². The Hall–Kier alpha value is -1.98. The standard InChI is InChI=1S/C19H17ClF3NO/c20-17-13-25-24(12-4-7-14-5-2-1-3-6-14)18(17)15-8-10-16(11-9-15)19(21,22)23/h1-3,5-6,8-11,13,18H,4,7,12H2. The lowest BCUT2D eigenvalue weighted by Crippen LogP contribution is -2.25. The van der Waals surface area contributed by atoms with Crippen LogP contribution >= 0.6 is 11.6 Å². The first kappa shape index (κ1) is 17.8. The molecule has 2 aromatic rings. The largest absolute Gasteiger partial charge is 0.416 e. The first-order valence-corrected chi connectivity index (χ1v) is 8.33. The number of benzene rings is 2. The Balaban J connectivity index is 1.65. The Kier molecular flexibility index (Phi) is 5.35. The minimum atomic E-state index is -4.35. The van der Waals surface area contributed by atoms with Gasteiger partial charge in [-0.1, -0.05) is 54.1 Å². The zero-order chi connectivity index (χ0) is 17.9. The summed E-state index contributed by atoms with van der Waals surface area (Å²) < 4.78 is 38.1. The van der Waals surface area contributed by atoms with Gasteiger partial charge in [-0.3, -0.25) is 0 Å². The summed E-state index contributed by atoms with van der Waals surface area (Å²) in [5.74, 6) is 0. The van der Waals surface area contributed by atoms with Crippen LogP contribution in [0.25, 0.3) is 0 Å². The third kappa shape index (κ3) is 4.35. The normalized spacial score (nSPS) is 18.1. The predicted molar refractivity (Wildman–Crippen MR) is 90.7 cm³/mol. The third-order valence-corrected chi connectivity index (χ3v) is 4.39. The van der Waals surface area contributed by atoms with E-state index in [-0.39, 0.29) is 6.04 Å². The quantitative estimate of drug-likeness (QED) is 0.671. The molecule has 0 saturated carbocycles. The van der Waals surface area contributed by atoms with Crippen molar-refractivity contribution in [1.29, 1.82) is 0 Å². The van der Waals surface area contributed by atoms with Gasteiger partial charge in [0.1, 0.15) is 12.3 Å². The smallest absolute Gasteiger partial charge is 0.412 e. The van der Waals surface area contributed by atoms with Crippen LogP contribution < -0.4 is 0 Å². The highest BCUT2D eigenvalue weighted by Crippen LogP contribution is 2.38. The number of hydrogen-bond donors (Lipinski definition) is 0. The fourth-order valence-electron chi connectivity index (χ4n) is 2.83. The first-order chi connectivity index (χ1) is 11.9. The van der Waals surface area contributed by atoms with Crippen LogP contribution in [0.2, 0.25) is 0 Å². The number of nitrogens with zero attached hydrogens (tertiary/aromatic N) is 1. The molecule has 0 amide bonds. The molecule has 3 rings (SSSR count). The van der Waals surface area contributed by atoms with Gasteiger partial charge >= 0.3 is 6.18 Å². The number of halogens is 4. The minimum Gasteiger partial charge on any atom is -0.412 e. The third-order valence-electron chi connectivity index (χ3n) is 4.09. The summed E-state index contributed by atoms with van der Waals surface area (Å²) >= 11 is 6.21. The summed E-state index contributed by atoms with van der Waals surface area (Å²) in [6.07, 6.45) is -1.18. The van der Waals surface area contributed by atoms with E-state index >= 15 is 0 Å². The average Bonchev–Trinajstić information content (AvgIpc) is 2.96. The molecule has 0 radical (unpaired) electrons. The van der Waals surface area contributed by atoms with Crippen LogP contribution in [0.5, 0.6) is 0 Å². The van der Waals surface area contributed by atoms with Crippen molar-refractivity contribution in [3.05, 3.63) is 82.6 Å². The lowest BCUT2D eigenvalue weighted by molar-refractivity contribution is -0.137. The second-order valence-corrected chi connectivity index (χ2v) is 6.30. The van der Waals surface area contributed by atoms with Crippen molar-refractivity contribution in [3.8, 4) is 0 Å². The maximum absolute atomic E-state index is 12.7. The molecule has 0 aromatic heterocycles. The fraction of sp³-hybridized carbons (Fsp3) is 0.263. The molecule has 0 fully saturated rings. The second kappa shape index (κ2) is 7.50. The van der Waals surface area contributed by atoms with Gasteiger partial charge in [-0.25, -0.2) is 0 Å². The van der Waals surface area contributed by atoms with E-state index in [1.807, 2.05) is 18.2 Å². The van der Waals surface area contributed by atoms with E-state index in [0.29, 0.717) is 17.1 Å². The van der Waals surface area contributed by atoms with Gasteiger partial charge in [0.15, 0.2) is 0 Å². The van der Waals surface area contributed by atoms with Crippen molar-refractivity contribution in [2.45, 2.75) is 25.1 Å². The van der Waals surface area contributed by atoms with Crippen molar-refractivity contribution in [2.75, 3.05) is 6.54 Å². The van der Waals surface area contributed by atoms with E-state index in [9.17, 15) is 13.2 Å². The number of alkyl halides is 3. The molecule has 0 saturated heterocycles. The van der Waals surface area contributed by atoms with Gasteiger partial charge < -0.3 is 4.84 Å². The molecule has 1 atom stereocenters.